The summed E-state index contributed by atoms with van der Waals surface area (Å²) in [6.45, 7) is 6.94. The normalized spacial score (nSPS) is 13.2. The molecule has 0 bridgehead atoms. The summed E-state index contributed by atoms with van der Waals surface area (Å²) in [7, 11) is 0. The first kappa shape index (κ1) is 15.1. The van der Waals surface area contributed by atoms with E-state index in [1.165, 1.54) is 54.3 Å². The van der Waals surface area contributed by atoms with Gasteiger partial charge in [-0.2, -0.15) is 0 Å². The summed E-state index contributed by atoms with van der Waals surface area (Å²) >= 11 is 4.05. The zero-order valence-corrected chi connectivity index (χ0v) is 14.1. The first-order valence-corrected chi connectivity index (χ1v) is 9.40. The third-order valence-electron chi connectivity index (χ3n) is 3.78. The van der Waals surface area contributed by atoms with Crippen LogP contribution in [0.1, 0.15) is 75.0 Å². The fraction of sp³-hybridized carbons (Fsp3) is 0.647. The molecule has 2 heterocycles. The summed E-state index contributed by atoms with van der Waals surface area (Å²) in [4.78, 5) is 3.18. The molecule has 0 saturated heterocycles. The Labute approximate surface area is 125 Å². The molecule has 0 saturated carbocycles. The van der Waals surface area contributed by atoms with Crippen molar-refractivity contribution in [1.82, 2.24) is 0 Å². The van der Waals surface area contributed by atoms with Gasteiger partial charge in [0.05, 0.1) is 0 Å². The fourth-order valence-corrected chi connectivity index (χ4v) is 5.03. The minimum atomic E-state index is 0.744. The Morgan fingerprint density at radius 2 is 1.68 bits per heavy atom. The first-order valence-electron chi connectivity index (χ1n) is 7.76. The molecule has 0 nitrogen and oxygen atoms in total. The molecule has 0 aliphatic carbocycles. The minimum absolute atomic E-state index is 0.744. The van der Waals surface area contributed by atoms with Crippen LogP contribution in [0.4, 0.5) is 0 Å². The molecular weight excluding hydrogens is 268 g/mol. The van der Waals surface area contributed by atoms with Gasteiger partial charge in [-0.3, -0.25) is 0 Å². The molecule has 0 spiro atoms. The second kappa shape index (κ2) is 7.44. The average Bonchev–Trinajstić information content (AvgIpc) is 2.94. The maximum atomic E-state index is 2.45. The van der Waals surface area contributed by atoms with Gasteiger partial charge in [0.2, 0.25) is 0 Å². The molecule has 0 N–H and O–H groups in total. The van der Waals surface area contributed by atoms with Gasteiger partial charge >= 0.3 is 0 Å². The lowest BCUT2D eigenvalue weighted by molar-refractivity contribution is 0.632. The summed E-state index contributed by atoms with van der Waals surface area (Å²) in [5, 5.41) is 0. The van der Waals surface area contributed by atoms with Crippen molar-refractivity contribution in [3.8, 4) is 0 Å². The number of unbranched alkanes of at least 4 members (excludes halogenated alkanes) is 3. The van der Waals surface area contributed by atoms with Crippen LogP contribution in [0.3, 0.4) is 0 Å². The predicted molar refractivity (Wildman–Crippen MR) is 90.9 cm³/mol. The fourth-order valence-electron chi connectivity index (χ4n) is 2.47. The number of hydrogen-bond donors (Lipinski definition) is 0. The van der Waals surface area contributed by atoms with Crippen molar-refractivity contribution in [1.29, 1.82) is 0 Å². The van der Waals surface area contributed by atoms with E-state index >= 15 is 0 Å². The monoisotopic (exact) mass is 294 g/mol. The summed E-state index contributed by atoms with van der Waals surface area (Å²) < 4.78 is 3.05. The van der Waals surface area contributed by atoms with Gasteiger partial charge in [-0.25, -0.2) is 0 Å². The van der Waals surface area contributed by atoms with Crippen molar-refractivity contribution in [3.05, 3.63) is 21.9 Å². The van der Waals surface area contributed by atoms with E-state index in [-0.39, 0.29) is 0 Å². The standard InChI is InChI=1S/C17H26S2/c1-4-6-8-10-14-11-16-17(18-14)12-15(19-16)13(3)9-7-5-2/h11-13H,4-10H2,1-3H3. The van der Waals surface area contributed by atoms with E-state index in [1.807, 2.05) is 22.7 Å². The maximum absolute atomic E-state index is 2.45. The molecule has 2 rings (SSSR count). The van der Waals surface area contributed by atoms with Crippen LogP contribution in [0.5, 0.6) is 0 Å². The Morgan fingerprint density at radius 3 is 2.37 bits per heavy atom. The predicted octanol–water partition coefficient (Wildman–Crippen LogP) is 6.99. The second-order valence-electron chi connectivity index (χ2n) is 5.59. The minimum Gasteiger partial charge on any atom is -0.139 e. The molecule has 1 unspecified atom stereocenters. The molecule has 0 aromatic carbocycles. The lowest BCUT2D eigenvalue weighted by atomic mass is 10.0. The zero-order chi connectivity index (χ0) is 13.7. The van der Waals surface area contributed by atoms with E-state index in [0.29, 0.717) is 0 Å². The summed E-state index contributed by atoms with van der Waals surface area (Å²) in [5.74, 6) is 0.744. The number of aryl methyl sites for hydroxylation is 1. The van der Waals surface area contributed by atoms with Crippen molar-refractivity contribution in [2.24, 2.45) is 0 Å². The molecular formula is C17H26S2. The molecule has 0 aliphatic rings. The third kappa shape index (κ3) is 4.06. The van der Waals surface area contributed by atoms with Crippen LogP contribution in [-0.4, -0.2) is 0 Å². The summed E-state index contributed by atoms with van der Waals surface area (Å²) in [6, 6.07) is 4.89. The molecule has 2 aromatic heterocycles. The smallest absolute Gasteiger partial charge is 0.0456 e. The molecule has 2 aromatic rings. The van der Waals surface area contributed by atoms with Crippen LogP contribution in [0.2, 0.25) is 0 Å². The Bertz CT molecular complexity index is 461. The second-order valence-corrected chi connectivity index (χ2v) is 7.87. The van der Waals surface area contributed by atoms with Crippen molar-refractivity contribution >= 4 is 32.1 Å². The Morgan fingerprint density at radius 1 is 0.947 bits per heavy atom. The van der Waals surface area contributed by atoms with Crippen molar-refractivity contribution in [3.63, 3.8) is 0 Å². The van der Waals surface area contributed by atoms with Crippen LogP contribution < -0.4 is 0 Å². The van der Waals surface area contributed by atoms with Crippen LogP contribution in [0, 0.1) is 0 Å². The van der Waals surface area contributed by atoms with Gasteiger partial charge in [0.1, 0.15) is 0 Å². The van der Waals surface area contributed by atoms with Crippen LogP contribution in [0.25, 0.3) is 9.40 Å². The molecule has 0 amide bonds. The van der Waals surface area contributed by atoms with Crippen molar-refractivity contribution in [2.75, 3.05) is 0 Å². The Kier molecular flexibility index (Phi) is 5.90. The van der Waals surface area contributed by atoms with Crippen molar-refractivity contribution < 1.29 is 0 Å². The maximum Gasteiger partial charge on any atom is 0.0456 e. The summed E-state index contributed by atoms with van der Waals surface area (Å²) in [6.07, 6.45) is 9.32. The molecule has 2 heteroatoms. The number of fused-ring (bicyclic) bond motifs is 1. The third-order valence-corrected chi connectivity index (χ3v) is 6.36. The van der Waals surface area contributed by atoms with E-state index in [0.717, 1.165) is 5.92 Å². The van der Waals surface area contributed by atoms with Gasteiger partial charge < -0.3 is 0 Å². The van der Waals surface area contributed by atoms with Gasteiger partial charge in [0, 0.05) is 19.2 Å². The highest BCUT2D eigenvalue weighted by Crippen LogP contribution is 2.38. The largest absolute Gasteiger partial charge is 0.139 e. The molecule has 0 radical (unpaired) electrons. The van der Waals surface area contributed by atoms with Crippen LogP contribution in [-0.2, 0) is 6.42 Å². The first-order chi connectivity index (χ1) is 9.24. The highest BCUT2D eigenvalue weighted by atomic mass is 32.1. The van der Waals surface area contributed by atoms with E-state index in [2.05, 4.69) is 32.9 Å². The van der Waals surface area contributed by atoms with Crippen molar-refractivity contribution in [2.45, 2.75) is 71.6 Å². The topological polar surface area (TPSA) is 0 Å². The highest BCUT2D eigenvalue weighted by molar-refractivity contribution is 7.27. The SMILES string of the molecule is CCCCCc1cc2sc(C(C)CCCC)cc2s1. The van der Waals surface area contributed by atoms with Gasteiger partial charge in [0.25, 0.3) is 0 Å². The van der Waals surface area contributed by atoms with E-state index < -0.39 is 0 Å². The molecule has 19 heavy (non-hydrogen) atoms. The lowest BCUT2D eigenvalue weighted by Crippen LogP contribution is -1.88. The van der Waals surface area contributed by atoms with E-state index in [9.17, 15) is 0 Å². The highest BCUT2D eigenvalue weighted by Gasteiger charge is 2.11. The molecule has 0 aliphatic heterocycles. The van der Waals surface area contributed by atoms with Gasteiger partial charge in [-0.15, -0.1) is 22.7 Å². The van der Waals surface area contributed by atoms with E-state index in [1.54, 1.807) is 9.75 Å². The Hall–Kier alpha value is -0.340. The zero-order valence-electron chi connectivity index (χ0n) is 12.5. The number of thiophene rings is 2. The van der Waals surface area contributed by atoms with Gasteiger partial charge in [-0.1, -0.05) is 46.5 Å². The lowest BCUT2D eigenvalue weighted by Gasteiger charge is -2.07. The van der Waals surface area contributed by atoms with Gasteiger partial charge in [0.15, 0.2) is 0 Å². The summed E-state index contributed by atoms with van der Waals surface area (Å²) in [5.41, 5.74) is 0. The molecule has 0 fully saturated rings. The molecule has 1 atom stereocenters. The molecule has 106 valence electrons. The number of rotatable bonds is 8. The van der Waals surface area contributed by atoms with E-state index in [4.69, 9.17) is 0 Å². The average molecular weight is 295 g/mol. The van der Waals surface area contributed by atoms with Crippen LogP contribution >= 0.6 is 22.7 Å². The quantitative estimate of drug-likeness (QED) is 0.460. The Balaban J connectivity index is 2.00. The van der Waals surface area contributed by atoms with Crippen LogP contribution in [0.15, 0.2) is 12.1 Å². The number of hydrogen-bond acceptors (Lipinski definition) is 2. The van der Waals surface area contributed by atoms with Gasteiger partial charge in [-0.05, 0) is 37.3 Å².